The molecule has 0 amide bonds. The number of nitrogens with zero attached hydrogens (tertiary/aromatic N) is 2. The van der Waals surface area contributed by atoms with Gasteiger partial charge in [-0.3, -0.25) is 10.1 Å². The van der Waals surface area contributed by atoms with E-state index in [1.54, 1.807) is 30.5 Å². The van der Waals surface area contributed by atoms with E-state index in [9.17, 15) is 10.1 Å². The van der Waals surface area contributed by atoms with Gasteiger partial charge in [-0.2, -0.15) is 0 Å². The number of nitro benzene ring substituents is 1. The molecule has 22 heavy (non-hydrogen) atoms. The molecule has 0 N–H and O–H groups in total. The van der Waals surface area contributed by atoms with Gasteiger partial charge in [0.15, 0.2) is 11.5 Å². The third-order valence-electron chi connectivity index (χ3n) is 3.03. The number of fused-ring (bicyclic) bond motifs is 1. The fourth-order valence-electron chi connectivity index (χ4n) is 1.96. The number of non-ortho nitro benzene ring substituents is 1. The summed E-state index contributed by atoms with van der Waals surface area (Å²) in [6.07, 6.45) is 1.54. The van der Waals surface area contributed by atoms with Crippen LogP contribution < -0.4 is 9.47 Å². The SMILES string of the molecule is O=[N+]([O-])c1cccc(CO/N=C\c2ccc3c(c2)OCO3)c1. The Morgan fingerprint density at radius 1 is 1.23 bits per heavy atom. The molecule has 0 aromatic heterocycles. The lowest BCUT2D eigenvalue weighted by molar-refractivity contribution is -0.384. The van der Waals surface area contributed by atoms with E-state index in [1.165, 1.54) is 12.1 Å². The van der Waals surface area contributed by atoms with Gasteiger partial charge in [0.1, 0.15) is 6.61 Å². The standard InChI is InChI=1S/C15H12N2O5/c18-17(19)13-3-1-2-12(6-13)9-22-16-8-11-4-5-14-15(7-11)21-10-20-14/h1-8H,9-10H2/b16-8-. The third kappa shape index (κ3) is 3.14. The van der Waals surface area contributed by atoms with E-state index in [2.05, 4.69) is 5.16 Å². The molecule has 1 aliphatic rings. The van der Waals surface area contributed by atoms with E-state index in [0.717, 1.165) is 5.56 Å². The summed E-state index contributed by atoms with van der Waals surface area (Å²) in [5.74, 6) is 1.37. The highest BCUT2D eigenvalue weighted by molar-refractivity contribution is 5.80. The zero-order chi connectivity index (χ0) is 15.4. The molecule has 0 atom stereocenters. The first-order chi connectivity index (χ1) is 10.7. The highest BCUT2D eigenvalue weighted by atomic mass is 16.7. The average molecular weight is 300 g/mol. The molecule has 7 heteroatoms. The van der Waals surface area contributed by atoms with Crippen LogP contribution in [0.1, 0.15) is 11.1 Å². The van der Waals surface area contributed by atoms with Crippen LogP contribution in [0.3, 0.4) is 0 Å². The molecule has 0 unspecified atom stereocenters. The van der Waals surface area contributed by atoms with E-state index in [4.69, 9.17) is 14.3 Å². The van der Waals surface area contributed by atoms with Crippen LogP contribution in [-0.4, -0.2) is 17.9 Å². The Balaban J connectivity index is 1.58. The molecule has 7 nitrogen and oxygen atoms in total. The van der Waals surface area contributed by atoms with Gasteiger partial charge >= 0.3 is 0 Å². The van der Waals surface area contributed by atoms with Gasteiger partial charge in [-0.05, 0) is 23.8 Å². The molecule has 0 aliphatic carbocycles. The van der Waals surface area contributed by atoms with Crippen LogP contribution in [0.25, 0.3) is 0 Å². The molecule has 0 spiro atoms. The second-order valence-corrected chi connectivity index (χ2v) is 4.55. The highest BCUT2D eigenvalue weighted by Gasteiger charge is 2.12. The lowest BCUT2D eigenvalue weighted by Crippen LogP contribution is -1.93. The summed E-state index contributed by atoms with van der Waals surface area (Å²) in [5, 5.41) is 14.5. The first-order valence-electron chi connectivity index (χ1n) is 6.51. The molecule has 0 fully saturated rings. The van der Waals surface area contributed by atoms with Crippen molar-refractivity contribution in [3.8, 4) is 11.5 Å². The summed E-state index contributed by atoms with van der Waals surface area (Å²) < 4.78 is 10.5. The van der Waals surface area contributed by atoms with Gasteiger partial charge in [-0.1, -0.05) is 17.3 Å². The van der Waals surface area contributed by atoms with Crippen LogP contribution in [0.2, 0.25) is 0 Å². The fourth-order valence-corrected chi connectivity index (χ4v) is 1.96. The summed E-state index contributed by atoms with van der Waals surface area (Å²) in [6.45, 7) is 0.377. The Morgan fingerprint density at radius 2 is 2.09 bits per heavy atom. The minimum atomic E-state index is -0.445. The highest BCUT2D eigenvalue weighted by Crippen LogP contribution is 2.31. The maximum Gasteiger partial charge on any atom is 0.269 e. The fraction of sp³-hybridized carbons (Fsp3) is 0.133. The van der Waals surface area contributed by atoms with Crippen LogP contribution in [0, 0.1) is 10.1 Å². The normalized spacial score (nSPS) is 12.5. The first kappa shape index (κ1) is 13.9. The Hall–Kier alpha value is -3.09. The monoisotopic (exact) mass is 300 g/mol. The summed E-state index contributed by atoms with van der Waals surface area (Å²) >= 11 is 0. The van der Waals surface area contributed by atoms with Crippen molar-refractivity contribution in [1.82, 2.24) is 0 Å². The quantitative estimate of drug-likeness (QED) is 0.481. The Kier molecular flexibility index (Phi) is 3.86. The zero-order valence-corrected chi connectivity index (χ0v) is 11.5. The predicted octanol–water partition coefficient (Wildman–Crippen LogP) is 2.87. The third-order valence-corrected chi connectivity index (χ3v) is 3.03. The van der Waals surface area contributed by atoms with Crippen LogP contribution in [-0.2, 0) is 11.4 Å². The van der Waals surface area contributed by atoms with Crippen LogP contribution >= 0.6 is 0 Å². The molecule has 0 saturated carbocycles. The molecule has 0 saturated heterocycles. The molecule has 2 aromatic carbocycles. The summed E-state index contributed by atoms with van der Waals surface area (Å²) in [6, 6.07) is 11.7. The Bertz CT molecular complexity index is 730. The maximum atomic E-state index is 10.7. The number of ether oxygens (including phenoxy) is 2. The molecular formula is C15H12N2O5. The molecule has 2 aromatic rings. The number of hydrogen-bond acceptors (Lipinski definition) is 6. The molecule has 1 heterocycles. The van der Waals surface area contributed by atoms with Crippen molar-refractivity contribution in [2.24, 2.45) is 5.16 Å². The minimum absolute atomic E-state index is 0.0286. The average Bonchev–Trinajstić information content (AvgIpc) is 2.99. The van der Waals surface area contributed by atoms with Crippen molar-refractivity contribution in [1.29, 1.82) is 0 Å². The summed E-state index contributed by atoms with van der Waals surface area (Å²) in [5.41, 5.74) is 1.51. The topological polar surface area (TPSA) is 83.2 Å². The summed E-state index contributed by atoms with van der Waals surface area (Å²) in [7, 11) is 0. The van der Waals surface area contributed by atoms with Crippen molar-refractivity contribution in [2.75, 3.05) is 6.79 Å². The summed E-state index contributed by atoms with van der Waals surface area (Å²) in [4.78, 5) is 15.4. The second kappa shape index (κ2) is 6.13. The van der Waals surface area contributed by atoms with E-state index < -0.39 is 4.92 Å². The van der Waals surface area contributed by atoms with Crippen molar-refractivity contribution in [3.05, 3.63) is 63.7 Å². The molecule has 3 rings (SSSR count). The number of nitro groups is 1. The Morgan fingerprint density at radius 3 is 2.95 bits per heavy atom. The number of rotatable bonds is 5. The lowest BCUT2D eigenvalue weighted by Gasteiger charge is -2.00. The van der Waals surface area contributed by atoms with Gasteiger partial charge in [0.05, 0.1) is 11.1 Å². The van der Waals surface area contributed by atoms with Gasteiger partial charge in [0, 0.05) is 17.7 Å². The van der Waals surface area contributed by atoms with Crippen molar-refractivity contribution >= 4 is 11.9 Å². The van der Waals surface area contributed by atoms with E-state index in [0.29, 0.717) is 17.1 Å². The molecule has 0 bridgehead atoms. The number of benzene rings is 2. The van der Waals surface area contributed by atoms with E-state index in [1.807, 2.05) is 6.07 Å². The van der Waals surface area contributed by atoms with E-state index in [-0.39, 0.29) is 19.1 Å². The van der Waals surface area contributed by atoms with Gasteiger partial charge in [-0.25, -0.2) is 0 Å². The molecule has 112 valence electrons. The van der Waals surface area contributed by atoms with Gasteiger partial charge in [0.25, 0.3) is 5.69 Å². The van der Waals surface area contributed by atoms with Gasteiger partial charge in [0.2, 0.25) is 6.79 Å². The molecule has 0 radical (unpaired) electrons. The smallest absolute Gasteiger partial charge is 0.269 e. The van der Waals surface area contributed by atoms with Crippen molar-refractivity contribution in [3.63, 3.8) is 0 Å². The molecular weight excluding hydrogens is 288 g/mol. The van der Waals surface area contributed by atoms with Crippen LogP contribution in [0.5, 0.6) is 11.5 Å². The van der Waals surface area contributed by atoms with Crippen LogP contribution in [0.4, 0.5) is 5.69 Å². The van der Waals surface area contributed by atoms with Gasteiger partial charge in [-0.15, -0.1) is 0 Å². The van der Waals surface area contributed by atoms with Gasteiger partial charge < -0.3 is 14.3 Å². The van der Waals surface area contributed by atoms with Crippen molar-refractivity contribution in [2.45, 2.75) is 6.61 Å². The molecule has 1 aliphatic heterocycles. The number of oxime groups is 1. The van der Waals surface area contributed by atoms with Crippen LogP contribution in [0.15, 0.2) is 47.6 Å². The second-order valence-electron chi connectivity index (χ2n) is 4.55. The largest absolute Gasteiger partial charge is 0.454 e. The minimum Gasteiger partial charge on any atom is -0.454 e. The first-order valence-corrected chi connectivity index (χ1v) is 6.51. The predicted molar refractivity (Wildman–Crippen MR) is 78.0 cm³/mol. The lowest BCUT2D eigenvalue weighted by atomic mass is 10.2. The zero-order valence-electron chi connectivity index (χ0n) is 11.5. The number of hydrogen-bond donors (Lipinski definition) is 0. The maximum absolute atomic E-state index is 10.7. The Labute approximate surface area is 125 Å². The van der Waals surface area contributed by atoms with Crippen molar-refractivity contribution < 1.29 is 19.2 Å². The van der Waals surface area contributed by atoms with E-state index >= 15 is 0 Å².